The lowest BCUT2D eigenvalue weighted by Gasteiger charge is -2.34. The van der Waals surface area contributed by atoms with Crippen molar-refractivity contribution in [2.45, 2.75) is 13.0 Å². The van der Waals surface area contributed by atoms with Crippen LogP contribution in [0.15, 0.2) is 53.2 Å². The van der Waals surface area contributed by atoms with Crippen molar-refractivity contribution in [3.05, 3.63) is 63.8 Å². The van der Waals surface area contributed by atoms with Gasteiger partial charge >= 0.3 is 0 Å². The summed E-state index contributed by atoms with van der Waals surface area (Å²) in [4.78, 5) is 22.8. The van der Waals surface area contributed by atoms with E-state index in [2.05, 4.69) is 27.8 Å². The fraction of sp³-hybridized carbons (Fsp3) is 0.300. The van der Waals surface area contributed by atoms with Gasteiger partial charge in [0.15, 0.2) is 0 Å². The molecule has 2 aromatic heterocycles. The summed E-state index contributed by atoms with van der Waals surface area (Å²) in [6, 6.07) is 14.2. The molecule has 4 nitrogen and oxygen atoms in total. The van der Waals surface area contributed by atoms with Gasteiger partial charge in [-0.3, -0.25) is 9.69 Å². The number of nitrogens with zero attached hydrogens (tertiary/aromatic N) is 3. The minimum absolute atomic E-state index is 0.227. The van der Waals surface area contributed by atoms with Crippen LogP contribution in [0.3, 0.4) is 0 Å². The average Bonchev–Trinajstić information content (AvgIpc) is 3.35. The Morgan fingerprint density at radius 2 is 1.81 bits per heavy atom. The fourth-order valence-corrected chi connectivity index (χ4v) is 4.75. The number of rotatable bonds is 5. The molecule has 0 N–H and O–H groups in total. The van der Waals surface area contributed by atoms with Crippen LogP contribution >= 0.6 is 22.7 Å². The van der Waals surface area contributed by atoms with E-state index < -0.39 is 0 Å². The average molecular weight is 384 g/mol. The number of thiazole rings is 1. The van der Waals surface area contributed by atoms with Crippen LogP contribution in [0.2, 0.25) is 0 Å². The van der Waals surface area contributed by atoms with Gasteiger partial charge in [-0.25, -0.2) is 4.98 Å². The van der Waals surface area contributed by atoms with Crippen LogP contribution in [0, 0.1) is 0 Å². The van der Waals surface area contributed by atoms with E-state index in [1.54, 1.807) is 22.7 Å². The highest BCUT2D eigenvalue weighted by atomic mass is 32.1. The maximum absolute atomic E-state index is 12.5. The second kappa shape index (κ2) is 8.12. The zero-order valence-electron chi connectivity index (χ0n) is 14.5. The molecule has 0 spiro atoms. The van der Waals surface area contributed by atoms with Gasteiger partial charge < -0.3 is 4.90 Å². The standard InChI is InChI=1S/C20H21N3OS2/c24-20(13-16-5-2-1-3-6-16)23-10-8-22(9-11-23)14-19-21-17(15-26-19)18-7-4-12-25-18/h1-7,12,15H,8-11,13-14H2. The summed E-state index contributed by atoms with van der Waals surface area (Å²) in [5.41, 5.74) is 2.17. The van der Waals surface area contributed by atoms with Gasteiger partial charge in [0.25, 0.3) is 0 Å². The monoisotopic (exact) mass is 383 g/mol. The number of carbonyl (C=O) groups is 1. The molecule has 0 atom stereocenters. The van der Waals surface area contributed by atoms with E-state index in [0.717, 1.165) is 49.0 Å². The molecule has 0 aliphatic carbocycles. The van der Waals surface area contributed by atoms with E-state index >= 15 is 0 Å². The minimum atomic E-state index is 0.227. The van der Waals surface area contributed by atoms with Crippen molar-refractivity contribution < 1.29 is 4.79 Å². The molecule has 1 aliphatic heterocycles. The van der Waals surface area contributed by atoms with Crippen molar-refractivity contribution in [1.29, 1.82) is 0 Å². The summed E-state index contributed by atoms with van der Waals surface area (Å²) >= 11 is 3.45. The predicted octanol–water partition coefficient (Wildman–Crippen LogP) is 3.76. The first-order chi connectivity index (χ1) is 12.8. The molecule has 0 radical (unpaired) electrons. The third kappa shape index (κ3) is 4.20. The first-order valence-corrected chi connectivity index (χ1v) is 10.6. The largest absolute Gasteiger partial charge is 0.340 e. The van der Waals surface area contributed by atoms with Crippen LogP contribution in [0.1, 0.15) is 10.6 Å². The van der Waals surface area contributed by atoms with E-state index in [1.807, 2.05) is 35.2 Å². The number of benzene rings is 1. The van der Waals surface area contributed by atoms with Crippen molar-refractivity contribution in [3.63, 3.8) is 0 Å². The van der Waals surface area contributed by atoms with E-state index in [0.29, 0.717) is 6.42 Å². The Bertz CT molecular complexity index is 837. The van der Waals surface area contributed by atoms with Crippen LogP contribution in [0.5, 0.6) is 0 Å². The molecule has 1 saturated heterocycles. The third-order valence-electron chi connectivity index (χ3n) is 4.61. The molecule has 1 fully saturated rings. The Balaban J connectivity index is 1.28. The summed E-state index contributed by atoms with van der Waals surface area (Å²) in [5.74, 6) is 0.227. The van der Waals surface area contributed by atoms with Crippen LogP contribution in [0.25, 0.3) is 10.6 Å². The molecule has 3 aromatic rings. The quantitative estimate of drug-likeness (QED) is 0.673. The minimum Gasteiger partial charge on any atom is -0.340 e. The van der Waals surface area contributed by atoms with Gasteiger partial charge in [-0.05, 0) is 17.0 Å². The lowest BCUT2D eigenvalue weighted by molar-refractivity contribution is -0.132. The molecule has 4 rings (SSSR count). The van der Waals surface area contributed by atoms with Gasteiger partial charge in [0.1, 0.15) is 5.01 Å². The Morgan fingerprint density at radius 3 is 2.54 bits per heavy atom. The summed E-state index contributed by atoms with van der Waals surface area (Å²) in [6.07, 6.45) is 0.498. The van der Waals surface area contributed by atoms with Crippen LogP contribution in [-0.2, 0) is 17.8 Å². The molecule has 134 valence electrons. The first-order valence-electron chi connectivity index (χ1n) is 8.80. The molecule has 1 amide bonds. The number of hydrogen-bond acceptors (Lipinski definition) is 5. The molecule has 6 heteroatoms. The summed E-state index contributed by atoms with van der Waals surface area (Å²) in [6.45, 7) is 4.29. The Kier molecular flexibility index (Phi) is 5.43. The molecule has 0 unspecified atom stereocenters. The zero-order chi connectivity index (χ0) is 17.8. The number of piperazine rings is 1. The summed E-state index contributed by atoms with van der Waals surface area (Å²) < 4.78 is 0. The molecular formula is C20H21N3OS2. The van der Waals surface area contributed by atoms with Gasteiger partial charge in [0.05, 0.1) is 23.5 Å². The molecular weight excluding hydrogens is 362 g/mol. The van der Waals surface area contributed by atoms with Crippen LogP contribution in [-0.4, -0.2) is 46.9 Å². The molecule has 0 saturated carbocycles. The maximum Gasteiger partial charge on any atom is 0.227 e. The highest BCUT2D eigenvalue weighted by Crippen LogP contribution is 2.26. The van der Waals surface area contributed by atoms with E-state index in [4.69, 9.17) is 4.98 Å². The number of amides is 1. The number of thiophene rings is 1. The summed E-state index contributed by atoms with van der Waals surface area (Å²) in [7, 11) is 0. The normalized spacial score (nSPS) is 15.3. The molecule has 3 heterocycles. The molecule has 1 aromatic carbocycles. The Labute approximate surface area is 161 Å². The van der Waals surface area contributed by atoms with Gasteiger partial charge in [-0.1, -0.05) is 36.4 Å². The second-order valence-electron chi connectivity index (χ2n) is 6.42. The van der Waals surface area contributed by atoms with Crippen LogP contribution in [0.4, 0.5) is 0 Å². The molecule has 0 bridgehead atoms. The third-order valence-corrected chi connectivity index (χ3v) is 6.33. The second-order valence-corrected chi connectivity index (χ2v) is 8.31. The van der Waals surface area contributed by atoms with Crippen molar-refractivity contribution in [3.8, 4) is 10.6 Å². The van der Waals surface area contributed by atoms with Crippen molar-refractivity contribution >= 4 is 28.6 Å². The smallest absolute Gasteiger partial charge is 0.227 e. The van der Waals surface area contributed by atoms with E-state index in [9.17, 15) is 4.79 Å². The van der Waals surface area contributed by atoms with Crippen molar-refractivity contribution in [2.75, 3.05) is 26.2 Å². The van der Waals surface area contributed by atoms with Gasteiger partial charge in [0, 0.05) is 31.6 Å². The Morgan fingerprint density at radius 1 is 1.00 bits per heavy atom. The number of aromatic nitrogens is 1. The zero-order valence-corrected chi connectivity index (χ0v) is 16.1. The lowest BCUT2D eigenvalue weighted by atomic mass is 10.1. The van der Waals surface area contributed by atoms with E-state index in [1.165, 1.54) is 4.88 Å². The highest BCUT2D eigenvalue weighted by molar-refractivity contribution is 7.14. The maximum atomic E-state index is 12.5. The number of carbonyl (C=O) groups excluding carboxylic acids is 1. The Hall–Kier alpha value is -2.02. The number of hydrogen-bond donors (Lipinski definition) is 0. The highest BCUT2D eigenvalue weighted by Gasteiger charge is 2.22. The van der Waals surface area contributed by atoms with Crippen molar-refractivity contribution in [1.82, 2.24) is 14.8 Å². The van der Waals surface area contributed by atoms with Crippen molar-refractivity contribution in [2.24, 2.45) is 0 Å². The fourth-order valence-electron chi connectivity index (χ4n) is 3.15. The van der Waals surface area contributed by atoms with Crippen LogP contribution < -0.4 is 0 Å². The van der Waals surface area contributed by atoms with Gasteiger partial charge in [0.2, 0.25) is 5.91 Å². The topological polar surface area (TPSA) is 36.4 Å². The first kappa shape index (κ1) is 17.4. The van der Waals surface area contributed by atoms with Gasteiger partial charge in [-0.2, -0.15) is 0 Å². The molecule has 1 aliphatic rings. The van der Waals surface area contributed by atoms with E-state index in [-0.39, 0.29) is 5.91 Å². The lowest BCUT2D eigenvalue weighted by Crippen LogP contribution is -2.48. The van der Waals surface area contributed by atoms with Gasteiger partial charge in [-0.15, -0.1) is 22.7 Å². The summed E-state index contributed by atoms with van der Waals surface area (Å²) in [5, 5.41) is 5.37. The predicted molar refractivity (Wildman–Crippen MR) is 107 cm³/mol. The SMILES string of the molecule is O=C(Cc1ccccc1)N1CCN(Cc2nc(-c3cccs3)cs2)CC1. The molecule has 26 heavy (non-hydrogen) atoms.